The van der Waals surface area contributed by atoms with Gasteiger partial charge in [0.15, 0.2) is 0 Å². The highest BCUT2D eigenvalue weighted by atomic mass is 35.5. The summed E-state index contributed by atoms with van der Waals surface area (Å²) in [6.07, 6.45) is 0. The molecular weight excluding hydrogens is 465 g/mol. The van der Waals surface area contributed by atoms with Crippen LogP contribution in [0.5, 0.6) is 0 Å². The van der Waals surface area contributed by atoms with Crippen LogP contribution in [0.4, 0.5) is 22.7 Å². The van der Waals surface area contributed by atoms with E-state index in [0.717, 1.165) is 12.1 Å². The van der Waals surface area contributed by atoms with Gasteiger partial charge in [0.05, 0.1) is 9.85 Å². The van der Waals surface area contributed by atoms with Gasteiger partial charge < -0.3 is 10.6 Å². The first kappa shape index (κ1) is 22.6. The Morgan fingerprint density at radius 2 is 1.16 bits per heavy atom. The Bertz CT molecular complexity index is 1170. The Hall–Kier alpha value is -4.09. The lowest BCUT2D eigenvalue weighted by Gasteiger charge is -2.08. The molecule has 0 radical (unpaired) electrons. The number of hydrogen-bond donors (Lipinski definition) is 2. The fraction of sp³-hybridized carbons (Fsp3) is 0. The summed E-state index contributed by atoms with van der Waals surface area (Å²) in [6, 6.07) is 11.5. The number of carbonyl (C=O) groups excluding carboxylic acids is 2. The maximum absolute atomic E-state index is 12.5. The van der Waals surface area contributed by atoms with Gasteiger partial charge in [0.1, 0.15) is 21.4 Å². The molecule has 0 saturated heterocycles. The van der Waals surface area contributed by atoms with Crippen molar-refractivity contribution in [2.24, 2.45) is 0 Å². The summed E-state index contributed by atoms with van der Waals surface area (Å²) in [5, 5.41) is 26.7. The van der Waals surface area contributed by atoms with Crippen molar-refractivity contribution in [2.75, 3.05) is 10.6 Å². The average Bonchev–Trinajstić information content (AvgIpc) is 2.76. The first-order valence-corrected chi connectivity index (χ1v) is 9.39. The van der Waals surface area contributed by atoms with Gasteiger partial charge in [-0.3, -0.25) is 29.8 Å². The summed E-state index contributed by atoms with van der Waals surface area (Å²) in [6.45, 7) is 0. The topological polar surface area (TPSA) is 157 Å². The molecule has 3 rings (SSSR count). The molecule has 13 heteroatoms. The highest BCUT2D eigenvalue weighted by Gasteiger charge is 2.18. The molecule has 0 unspecified atom stereocenters. The van der Waals surface area contributed by atoms with Crippen LogP contribution in [0.15, 0.2) is 54.6 Å². The number of nitro groups is 2. The smallest absolute Gasteiger partial charge is 0.289 e. The molecule has 2 N–H and O–H groups in total. The van der Waals surface area contributed by atoms with Crippen molar-refractivity contribution in [2.45, 2.75) is 0 Å². The Labute approximate surface area is 189 Å². The number of anilines is 2. The van der Waals surface area contributed by atoms with Crippen molar-refractivity contribution in [1.82, 2.24) is 4.98 Å². The van der Waals surface area contributed by atoms with Crippen LogP contribution >= 0.6 is 23.2 Å². The number of aromatic nitrogens is 1. The van der Waals surface area contributed by atoms with E-state index >= 15 is 0 Å². The van der Waals surface area contributed by atoms with Crippen molar-refractivity contribution in [3.05, 3.63) is 96.3 Å². The SMILES string of the molecule is O=C(Nc1ccc(Cl)c([N+](=O)[O-])c1)c1cccc(C(=O)Nc2ccc(Cl)c([N+](=O)[O-])c2)n1. The lowest BCUT2D eigenvalue weighted by Crippen LogP contribution is -2.18. The molecule has 1 aromatic heterocycles. The molecule has 3 aromatic rings. The molecule has 0 fully saturated rings. The van der Waals surface area contributed by atoms with Gasteiger partial charge >= 0.3 is 0 Å². The summed E-state index contributed by atoms with van der Waals surface area (Å²) in [7, 11) is 0. The number of rotatable bonds is 6. The number of amides is 2. The molecular formula is C19H11Cl2N5O6. The van der Waals surface area contributed by atoms with Gasteiger partial charge in [0, 0.05) is 23.5 Å². The van der Waals surface area contributed by atoms with Crippen molar-refractivity contribution < 1.29 is 19.4 Å². The van der Waals surface area contributed by atoms with Crippen LogP contribution in [-0.4, -0.2) is 26.6 Å². The summed E-state index contributed by atoms with van der Waals surface area (Å²) >= 11 is 11.5. The van der Waals surface area contributed by atoms with Crippen LogP contribution in [0.1, 0.15) is 21.0 Å². The van der Waals surface area contributed by atoms with Crippen LogP contribution < -0.4 is 10.6 Å². The molecule has 0 aliphatic carbocycles. The minimum Gasteiger partial charge on any atom is -0.320 e. The van der Waals surface area contributed by atoms with Crippen molar-refractivity contribution in [3.8, 4) is 0 Å². The van der Waals surface area contributed by atoms with E-state index in [0.29, 0.717) is 0 Å². The fourth-order valence-corrected chi connectivity index (χ4v) is 2.91. The van der Waals surface area contributed by atoms with Gasteiger partial charge in [-0.2, -0.15) is 0 Å². The minimum absolute atomic E-state index is 0.0905. The van der Waals surface area contributed by atoms with E-state index < -0.39 is 21.7 Å². The molecule has 0 bridgehead atoms. The maximum atomic E-state index is 12.5. The van der Waals surface area contributed by atoms with E-state index in [-0.39, 0.29) is 44.2 Å². The van der Waals surface area contributed by atoms with Crippen LogP contribution in [0.3, 0.4) is 0 Å². The predicted molar refractivity (Wildman–Crippen MR) is 116 cm³/mol. The standard InChI is InChI=1S/C19H11Cl2N5O6/c20-12-6-4-10(8-16(12)25(29)30)22-18(27)14-2-1-3-15(24-14)19(28)23-11-5-7-13(21)17(9-11)26(31)32/h1-9H,(H,22,27)(H,23,28). The van der Waals surface area contributed by atoms with Gasteiger partial charge in [-0.05, 0) is 36.4 Å². The van der Waals surface area contributed by atoms with Gasteiger partial charge in [0.25, 0.3) is 23.2 Å². The lowest BCUT2D eigenvalue weighted by atomic mass is 10.2. The van der Waals surface area contributed by atoms with E-state index in [9.17, 15) is 29.8 Å². The van der Waals surface area contributed by atoms with E-state index in [2.05, 4.69) is 15.6 Å². The number of hydrogen-bond acceptors (Lipinski definition) is 7. The van der Waals surface area contributed by atoms with E-state index in [1.807, 2.05) is 0 Å². The van der Waals surface area contributed by atoms with Gasteiger partial charge in [-0.15, -0.1) is 0 Å². The van der Waals surface area contributed by atoms with Crippen LogP contribution in [0.25, 0.3) is 0 Å². The number of halogens is 2. The molecule has 162 valence electrons. The number of carbonyl (C=O) groups is 2. The number of nitrogens with one attached hydrogen (secondary N) is 2. The first-order valence-electron chi connectivity index (χ1n) is 8.63. The summed E-state index contributed by atoms with van der Waals surface area (Å²) in [4.78, 5) is 49.5. The van der Waals surface area contributed by atoms with Crippen molar-refractivity contribution in [3.63, 3.8) is 0 Å². The molecule has 32 heavy (non-hydrogen) atoms. The lowest BCUT2D eigenvalue weighted by molar-refractivity contribution is -0.384. The molecule has 2 amide bonds. The molecule has 11 nitrogen and oxygen atoms in total. The summed E-state index contributed by atoms with van der Waals surface area (Å²) in [5.74, 6) is -1.45. The number of pyridine rings is 1. The second-order valence-corrected chi connectivity index (χ2v) is 6.98. The third-order valence-corrected chi connectivity index (χ3v) is 4.65. The minimum atomic E-state index is -0.724. The second kappa shape index (κ2) is 9.37. The zero-order chi connectivity index (χ0) is 23.4. The van der Waals surface area contributed by atoms with E-state index in [1.165, 1.54) is 42.5 Å². The highest BCUT2D eigenvalue weighted by molar-refractivity contribution is 6.33. The number of benzene rings is 2. The Morgan fingerprint density at radius 3 is 1.53 bits per heavy atom. The molecule has 0 atom stereocenters. The van der Waals surface area contributed by atoms with E-state index in [1.54, 1.807) is 0 Å². The zero-order valence-corrected chi connectivity index (χ0v) is 17.3. The van der Waals surface area contributed by atoms with E-state index in [4.69, 9.17) is 23.2 Å². The van der Waals surface area contributed by atoms with Crippen molar-refractivity contribution >= 4 is 57.8 Å². The molecule has 0 saturated carbocycles. The quantitative estimate of drug-likeness (QED) is 0.385. The average molecular weight is 476 g/mol. The summed E-state index contributed by atoms with van der Waals surface area (Å²) in [5.41, 5.74) is -0.840. The second-order valence-electron chi connectivity index (χ2n) is 6.16. The van der Waals surface area contributed by atoms with Gasteiger partial charge in [0.2, 0.25) is 0 Å². The fourth-order valence-electron chi connectivity index (χ4n) is 2.54. The molecule has 0 spiro atoms. The number of nitrogens with zero attached hydrogens (tertiary/aromatic N) is 3. The molecule has 1 heterocycles. The first-order chi connectivity index (χ1) is 15.2. The Kier molecular flexibility index (Phi) is 6.61. The zero-order valence-electron chi connectivity index (χ0n) is 15.7. The molecule has 0 aliphatic heterocycles. The normalized spacial score (nSPS) is 10.3. The summed E-state index contributed by atoms with van der Waals surface area (Å²) < 4.78 is 0. The Balaban J connectivity index is 1.78. The van der Waals surface area contributed by atoms with Gasteiger partial charge in [-0.1, -0.05) is 29.3 Å². The monoisotopic (exact) mass is 475 g/mol. The molecule has 2 aromatic carbocycles. The number of nitro benzene ring substituents is 2. The molecule has 0 aliphatic rings. The Morgan fingerprint density at radius 1 is 0.750 bits per heavy atom. The largest absolute Gasteiger partial charge is 0.320 e. The highest BCUT2D eigenvalue weighted by Crippen LogP contribution is 2.28. The third-order valence-electron chi connectivity index (χ3n) is 4.02. The maximum Gasteiger partial charge on any atom is 0.289 e. The predicted octanol–water partition coefficient (Wildman–Crippen LogP) is 4.71. The van der Waals surface area contributed by atoms with Crippen LogP contribution in [0.2, 0.25) is 10.0 Å². The van der Waals surface area contributed by atoms with Crippen molar-refractivity contribution in [1.29, 1.82) is 0 Å². The van der Waals surface area contributed by atoms with Gasteiger partial charge in [-0.25, -0.2) is 4.98 Å². The van der Waals surface area contributed by atoms with Crippen LogP contribution in [0, 0.1) is 20.2 Å². The third kappa shape index (κ3) is 5.14. The van der Waals surface area contributed by atoms with Crippen LogP contribution in [-0.2, 0) is 0 Å².